The minimum absolute atomic E-state index is 0.262. The van der Waals surface area contributed by atoms with E-state index in [1.165, 1.54) is 0 Å². The number of amides is 1. The van der Waals surface area contributed by atoms with E-state index in [0.717, 1.165) is 11.1 Å². The van der Waals surface area contributed by atoms with Crippen LogP contribution in [0, 0.1) is 0 Å². The van der Waals surface area contributed by atoms with Gasteiger partial charge in [0.1, 0.15) is 17.3 Å². The predicted octanol–water partition coefficient (Wildman–Crippen LogP) is 3.92. The first-order valence-corrected chi connectivity index (χ1v) is 7.53. The lowest BCUT2D eigenvalue weighted by Gasteiger charge is -2.03. The molecule has 1 amide bonds. The minimum atomic E-state index is -0.262. The van der Waals surface area contributed by atoms with Gasteiger partial charge in [-0.3, -0.25) is 4.79 Å². The average molecular weight is 347 g/mol. The van der Waals surface area contributed by atoms with Gasteiger partial charge in [-0.25, -0.2) is 4.99 Å². The van der Waals surface area contributed by atoms with Crippen molar-refractivity contribution in [3.05, 3.63) is 69.3 Å². The van der Waals surface area contributed by atoms with E-state index in [4.69, 9.17) is 27.9 Å². The quantitative estimate of drug-likeness (QED) is 0.856. The Hall–Kier alpha value is -2.30. The van der Waals surface area contributed by atoms with E-state index < -0.39 is 0 Å². The van der Waals surface area contributed by atoms with E-state index in [2.05, 4.69) is 10.3 Å². The summed E-state index contributed by atoms with van der Waals surface area (Å²) >= 11 is 11.9. The molecule has 0 saturated carbocycles. The lowest BCUT2D eigenvalue weighted by molar-refractivity contribution is -0.115. The largest absolute Gasteiger partial charge is 0.495 e. The first-order valence-electron chi connectivity index (χ1n) is 6.78. The van der Waals surface area contributed by atoms with Crippen LogP contribution in [-0.2, 0) is 4.79 Å². The first kappa shape index (κ1) is 15.6. The van der Waals surface area contributed by atoms with Gasteiger partial charge < -0.3 is 10.1 Å². The van der Waals surface area contributed by atoms with Crippen molar-refractivity contribution < 1.29 is 9.53 Å². The Labute approximate surface area is 143 Å². The predicted molar refractivity (Wildman–Crippen MR) is 92.1 cm³/mol. The number of hydrogen-bond acceptors (Lipinski definition) is 3. The number of carbonyl (C=O) groups excluding carboxylic acids is 1. The fourth-order valence-corrected chi connectivity index (χ4v) is 2.54. The van der Waals surface area contributed by atoms with Gasteiger partial charge in [0.25, 0.3) is 5.91 Å². The molecule has 1 aliphatic rings. The Morgan fingerprint density at radius 2 is 1.87 bits per heavy atom. The summed E-state index contributed by atoms with van der Waals surface area (Å²) < 4.78 is 5.11. The monoisotopic (exact) mass is 346 g/mol. The summed E-state index contributed by atoms with van der Waals surface area (Å²) in [4.78, 5) is 16.4. The number of nitrogens with zero attached hydrogens (tertiary/aromatic N) is 1. The van der Waals surface area contributed by atoms with E-state index in [-0.39, 0.29) is 5.91 Å². The zero-order valence-electron chi connectivity index (χ0n) is 12.1. The molecule has 2 aromatic carbocycles. The molecular weight excluding hydrogens is 335 g/mol. The standard InChI is InChI=1S/C17H12Cl2N2O2/c1-23-15-7-2-10(8-13(15)19)9-14-17(22)21-16(20-14)11-3-5-12(18)6-4-11/h2-9H,1H3,(H,20,21,22)/b14-9+. The molecule has 0 unspecified atom stereocenters. The van der Waals surface area contributed by atoms with Crippen LogP contribution in [0.25, 0.3) is 6.08 Å². The summed E-state index contributed by atoms with van der Waals surface area (Å²) in [5.74, 6) is 0.814. The fraction of sp³-hybridized carbons (Fsp3) is 0.0588. The number of aliphatic imine (C=N–C) groups is 1. The van der Waals surface area contributed by atoms with Crippen molar-refractivity contribution in [3.8, 4) is 5.75 Å². The van der Waals surface area contributed by atoms with Gasteiger partial charge in [0.15, 0.2) is 0 Å². The normalized spacial score (nSPS) is 15.5. The molecule has 2 aromatic rings. The number of amidine groups is 1. The van der Waals surface area contributed by atoms with E-state index in [1.807, 2.05) is 0 Å². The SMILES string of the molecule is COc1ccc(/C=C2/N=C(c3ccc(Cl)cc3)NC2=O)cc1Cl. The van der Waals surface area contributed by atoms with Gasteiger partial charge in [0.05, 0.1) is 12.1 Å². The van der Waals surface area contributed by atoms with Crippen LogP contribution in [0.4, 0.5) is 0 Å². The molecule has 0 atom stereocenters. The molecule has 1 N–H and O–H groups in total. The van der Waals surface area contributed by atoms with Crippen molar-refractivity contribution in [1.82, 2.24) is 5.32 Å². The highest BCUT2D eigenvalue weighted by atomic mass is 35.5. The van der Waals surface area contributed by atoms with Crippen molar-refractivity contribution in [2.24, 2.45) is 4.99 Å². The topological polar surface area (TPSA) is 50.7 Å². The van der Waals surface area contributed by atoms with Gasteiger partial charge in [-0.05, 0) is 48.0 Å². The van der Waals surface area contributed by atoms with E-state index in [9.17, 15) is 4.79 Å². The van der Waals surface area contributed by atoms with Gasteiger partial charge in [0, 0.05) is 10.6 Å². The molecule has 0 aromatic heterocycles. The maximum absolute atomic E-state index is 12.1. The molecule has 23 heavy (non-hydrogen) atoms. The third-order valence-corrected chi connectivity index (χ3v) is 3.84. The van der Waals surface area contributed by atoms with Gasteiger partial charge in [-0.15, -0.1) is 0 Å². The van der Waals surface area contributed by atoms with Crippen molar-refractivity contribution in [2.45, 2.75) is 0 Å². The summed E-state index contributed by atoms with van der Waals surface area (Å²) in [6.45, 7) is 0. The Bertz CT molecular complexity index is 827. The maximum Gasteiger partial charge on any atom is 0.275 e. The van der Waals surface area contributed by atoms with Crippen molar-refractivity contribution in [3.63, 3.8) is 0 Å². The van der Waals surface area contributed by atoms with Crippen LogP contribution in [0.2, 0.25) is 10.0 Å². The van der Waals surface area contributed by atoms with E-state index in [0.29, 0.717) is 27.3 Å². The number of benzene rings is 2. The van der Waals surface area contributed by atoms with Crippen LogP contribution >= 0.6 is 23.2 Å². The number of halogens is 2. The fourth-order valence-electron chi connectivity index (χ4n) is 2.14. The summed E-state index contributed by atoms with van der Waals surface area (Å²) in [6, 6.07) is 12.4. The van der Waals surface area contributed by atoms with Crippen LogP contribution in [0.3, 0.4) is 0 Å². The molecule has 0 fully saturated rings. The van der Waals surface area contributed by atoms with Crippen molar-refractivity contribution >= 4 is 41.0 Å². The molecular formula is C17H12Cl2N2O2. The lowest BCUT2D eigenvalue weighted by Crippen LogP contribution is -2.24. The Balaban J connectivity index is 1.91. The lowest BCUT2D eigenvalue weighted by atomic mass is 10.2. The number of methoxy groups -OCH3 is 1. The third-order valence-electron chi connectivity index (χ3n) is 3.29. The van der Waals surface area contributed by atoms with Crippen LogP contribution in [0.1, 0.15) is 11.1 Å². The second kappa shape index (κ2) is 6.44. The smallest absolute Gasteiger partial charge is 0.275 e. The Morgan fingerprint density at radius 1 is 1.13 bits per heavy atom. The summed E-state index contributed by atoms with van der Waals surface area (Å²) in [5, 5.41) is 3.84. The zero-order chi connectivity index (χ0) is 16.4. The van der Waals surface area contributed by atoms with Gasteiger partial charge in [0.2, 0.25) is 0 Å². The first-order chi connectivity index (χ1) is 11.1. The van der Waals surface area contributed by atoms with Crippen LogP contribution < -0.4 is 10.1 Å². The average Bonchev–Trinajstić information content (AvgIpc) is 2.89. The van der Waals surface area contributed by atoms with E-state index >= 15 is 0 Å². The number of carbonyl (C=O) groups is 1. The third kappa shape index (κ3) is 3.38. The highest BCUT2D eigenvalue weighted by Crippen LogP contribution is 2.26. The summed E-state index contributed by atoms with van der Waals surface area (Å²) in [7, 11) is 1.55. The van der Waals surface area contributed by atoms with Crippen molar-refractivity contribution in [1.29, 1.82) is 0 Å². The molecule has 0 radical (unpaired) electrons. The highest BCUT2D eigenvalue weighted by molar-refractivity contribution is 6.32. The number of hydrogen-bond donors (Lipinski definition) is 1. The Kier molecular flexibility index (Phi) is 4.37. The maximum atomic E-state index is 12.1. The molecule has 1 heterocycles. The minimum Gasteiger partial charge on any atom is -0.495 e. The molecule has 116 valence electrons. The zero-order valence-corrected chi connectivity index (χ0v) is 13.7. The van der Waals surface area contributed by atoms with Gasteiger partial charge in [-0.2, -0.15) is 0 Å². The van der Waals surface area contributed by atoms with E-state index in [1.54, 1.807) is 55.7 Å². The molecule has 0 aliphatic carbocycles. The van der Waals surface area contributed by atoms with Crippen LogP contribution in [-0.4, -0.2) is 18.9 Å². The Morgan fingerprint density at radius 3 is 2.52 bits per heavy atom. The molecule has 6 heteroatoms. The molecule has 0 spiro atoms. The molecule has 4 nitrogen and oxygen atoms in total. The van der Waals surface area contributed by atoms with Gasteiger partial charge in [-0.1, -0.05) is 29.3 Å². The second-order valence-corrected chi connectivity index (χ2v) is 5.69. The molecule has 0 bridgehead atoms. The molecule has 3 rings (SSSR count). The molecule has 0 saturated heterocycles. The number of nitrogens with one attached hydrogen (secondary N) is 1. The van der Waals surface area contributed by atoms with Gasteiger partial charge >= 0.3 is 0 Å². The second-order valence-electron chi connectivity index (χ2n) is 4.84. The molecule has 1 aliphatic heterocycles. The summed E-state index contributed by atoms with van der Waals surface area (Å²) in [6.07, 6.45) is 1.67. The highest BCUT2D eigenvalue weighted by Gasteiger charge is 2.21. The van der Waals surface area contributed by atoms with Crippen LogP contribution in [0.5, 0.6) is 5.75 Å². The number of rotatable bonds is 3. The van der Waals surface area contributed by atoms with Crippen molar-refractivity contribution in [2.75, 3.05) is 7.11 Å². The number of ether oxygens (including phenoxy) is 1. The van der Waals surface area contributed by atoms with Crippen LogP contribution in [0.15, 0.2) is 53.2 Å². The summed E-state index contributed by atoms with van der Waals surface area (Å²) in [5.41, 5.74) is 1.87.